The van der Waals surface area contributed by atoms with Crippen LogP contribution in [0.3, 0.4) is 0 Å². The van der Waals surface area contributed by atoms with Crippen molar-refractivity contribution >= 4 is 21.6 Å². The number of anilines is 1. The lowest BCUT2D eigenvalue weighted by Crippen LogP contribution is -2.29. The van der Waals surface area contributed by atoms with E-state index in [0.29, 0.717) is 17.8 Å². The predicted molar refractivity (Wildman–Crippen MR) is 116 cm³/mol. The number of benzene rings is 3. The minimum atomic E-state index is -3.47. The minimum Gasteiger partial charge on any atom is -0.337 e. The van der Waals surface area contributed by atoms with Gasteiger partial charge >= 0.3 is 0 Å². The van der Waals surface area contributed by atoms with Crippen molar-refractivity contribution in [3.63, 3.8) is 0 Å². The third kappa shape index (κ3) is 5.45. The first-order valence-electron chi connectivity index (χ1n) is 9.26. The molecule has 0 fully saturated rings. The fourth-order valence-electron chi connectivity index (χ4n) is 3.07. The van der Waals surface area contributed by atoms with E-state index in [9.17, 15) is 13.2 Å². The number of carbonyl (C=O) groups is 1. The number of carbonyl (C=O) groups excluding carboxylic acids is 1. The van der Waals surface area contributed by atoms with Gasteiger partial charge in [-0.1, -0.05) is 60.7 Å². The number of rotatable bonds is 7. The fourth-order valence-corrected chi connectivity index (χ4v) is 3.96. The average Bonchev–Trinajstić information content (AvgIpc) is 2.72. The van der Waals surface area contributed by atoms with Crippen molar-refractivity contribution in [2.75, 3.05) is 17.6 Å². The maximum absolute atomic E-state index is 12.7. The Balaban J connectivity index is 1.77. The Morgan fingerprint density at radius 2 is 1.24 bits per heavy atom. The number of sulfonamides is 1. The smallest absolute Gasteiger partial charge is 0.253 e. The number of nitrogens with zero attached hydrogens (tertiary/aromatic N) is 2. The lowest BCUT2D eigenvalue weighted by Gasteiger charge is -2.23. The molecular formula is C23H24N2O3S. The molecule has 0 aliphatic carbocycles. The van der Waals surface area contributed by atoms with E-state index in [1.165, 1.54) is 10.6 Å². The van der Waals surface area contributed by atoms with Crippen molar-refractivity contribution in [2.24, 2.45) is 0 Å². The Morgan fingerprint density at radius 3 is 1.72 bits per heavy atom. The van der Waals surface area contributed by atoms with Gasteiger partial charge in [-0.2, -0.15) is 0 Å². The van der Waals surface area contributed by atoms with Gasteiger partial charge in [0.15, 0.2) is 0 Å². The van der Waals surface area contributed by atoms with E-state index in [2.05, 4.69) is 0 Å². The zero-order chi connectivity index (χ0) is 20.9. The zero-order valence-electron chi connectivity index (χ0n) is 16.5. The standard InChI is InChI=1S/C23H24N2O3S/c1-24(17-19-9-5-3-6-10-19)23(26)21-13-15-22(16-14-21)25(29(2,27)28)18-20-11-7-4-8-12-20/h3-16H,17-18H2,1-2H3. The molecule has 0 bridgehead atoms. The van der Waals surface area contributed by atoms with Gasteiger partial charge in [-0.25, -0.2) is 8.42 Å². The van der Waals surface area contributed by atoms with Gasteiger partial charge < -0.3 is 4.90 Å². The highest BCUT2D eigenvalue weighted by atomic mass is 32.2. The molecule has 1 amide bonds. The molecule has 0 aliphatic heterocycles. The summed E-state index contributed by atoms with van der Waals surface area (Å²) in [6.07, 6.45) is 1.18. The first kappa shape index (κ1) is 20.6. The van der Waals surface area contributed by atoms with E-state index in [1.807, 2.05) is 60.7 Å². The van der Waals surface area contributed by atoms with Gasteiger partial charge in [0.1, 0.15) is 0 Å². The molecule has 0 atom stereocenters. The second-order valence-corrected chi connectivity index (χ2v) is 8.86. The molecule has 0 unspecified atom stereocenters. The van der Waals surface area contributed by atoms with E-state index in [1.54, 1.807) is 36.2 Å². The summed E-state index contributed by atoms with van der Waals surface area (Å²) in [6.45, 7) is 0.742. The van der Waals surface area contributed by atoms with Gasteiger partial charge in [-0.05, 0) is 35.4 Å². The normalized spacial score (nSPS) is 11.1. The molecule has 3 aromatic rings. The van der Waals surface area contributed by atoms with Crippen molar-refractivity contribution in [2.45, 2.75) is 13.1 Å². The molecule has 6 heteroatoms. The van der Waals surface area contributed by atoms with Gasteiger partial charge in [-0.15, -0.1) is 0 Å². The summed E-state index contributed by atoms with van der Waals surface area (Å²) >= 11 is 0. The topological polar surface area (TPSA) is 57.7 Å². The predicted octanol–water partition coefficient (Wildman–Crippen LogP) is 3.93. The van der Waals surface area contributed by atoms with Crippen LogP contribution >= 0.6 is 0 Å². The van der Waals surface area contributed by atoms with Crippen molar-refractivity contribution < 1.29 is 13.2 Å². The Bertz CT molecular complexity index is 1050. The highest BCUT2D eigenvalue weighted by molar-refractivity contribution is 7.92. The third-order valence-electron chi connectivity index (χ3n) is 4.58. The lowest BCUT2D eigenvalue weighted by molar-refractivity contribution is 0.0785. The molecule has 3 aromatic carbocycles. The van der Waals surface area contributed by atoms with Crippen LogP contribution in [0.5, 0.6) is 0 Å². The third-order valence-corrected chi connectivity index (χ3v) is 5.72. The molecular weight excluding hydrogens is 384 g/mol. The summed E-state index contributed by atoms with van der Waals surface area (Å²) in [5, 5.41) is 0. The molecule has 0 heterocycles. The monoisotopic (exact) mass is 408 g/mol. The van der Waals surface area contributed by atoms with Crippen molar-refractivity contribution in [3.05, 3.63) is 102 Å². The first-order valence-corrected chi connectivity index (χ1v) is 11.1. The summed E-state index contributed by atoms with van der Waals surface area (Å²) < 4.78 is 26.0. The molecule has 0 saturated heterocycles. The Kier molecular flexibility index (Phi) is 6.34. The van der Waals surface area contributed by atoms with E-state index in [4.69, 9.17) is 0 Å². The van der Waals surface area contributed by atoms with Crippen LogP contribution < -0.4 is 4.31 Å². The Morgan fingerprint density at radius 1 is 0.759 bits per heavy atom. The van der Waals surface area contributed by atoms with Crippen molar-refractivity contribution in [3.8, 4) is 0 Å². The molecule has 0 aromatic heterocycles. The summed E-state index contributed by atoms with van der Waals surface area (Å²) in [7, 11) is -1.72. The molecule has 0 radical (unpaired) electrons. The highest BCUT2D eigenvalue weighted by Gasteiger charge is 2.19. The highest BCUT2D eigenvalue weighted by Crippen LogP contribution is 2.22. The molecule has 0 spiro atoms. The Hall–Kier alpha value is -3.12. The first-order chi connectivity index (χ1) is 13.8. The number of hydrogen-bond acceptors (Lipinski definition) is 3. The van der Waals surface area contributed by atoms with Crippen LogP contribution in [-0.4, -0.2) is 32.5 Å². The van der Waals surface area contributed by atoms with Gasteiger partial charge in [0, 0.05) is 19.2 Å². The molecule has 150 valence electrons. The maximum Gasteiger partial charge on any atom is 0.253 e. The summed E-state index contributed by atoms with van der Waals surface area (Å²) in [5.74, 6) is -0.116. The summed E-state index contributed by atoms with van der Waals surface area (Å²) in [5.41, 5.74) is 2.98. The second kappa shape index (κ2) is 8.92. The molecule has 0 N–H and O–H groups in total. The lowest BCUT2D eigenvalue weighted by atomic mass is 10.1. The van der Waals surface area contributed by atoms with Crippen molar-refractivity contribution in [1.82, 2.24) is 4.90 Å². The van der Waals surface area contributed by atoms with E-state index in [0.717, 1.165) is 11.1 Å². The molecule has 3 rings (SSSR count). The van der Waals surface area contributed by atoms with Gasteiger partial charge in [-0.3, -0.25) is 9.10 Å². The van der Waals surface area contributed by atoms with Crippen LogP contribution in [0.2, 0.25) is 0 Å². The second-order valence-electron chi connectivity index (χ2n) is 6.95. The number of hydrogen-bond donors (Lipinski definition) is 0. The van der Waals surface area contributed by atoms with Crippen LogP contribution in [0, 0.1) is 0 Å². The minimum absolute atomic E-state index is 0.116. The van der Waals surface area contributed by atoms with E-state index >= 15 is 0 Å². The quantitative estimate of drug-likeness (QED) is 0.595. The van der Waals surface area contributed by atoms with Crippen LogP contribution in [0.25, 0.3) is 0 Å². The SMILES string of the molecule is CN(Cc1ccccc1)C(=O)c1ccc(N(Cc2ccccc2)S(C)(=O)=O)cc1. The summed E-state index contributed by atoms with van der Waals surface area (Å²) in [6, 6.07) is 25.9. The average molecular weight is 409 g/mol. The number of amides is 1. The van der Waals surface area contributed by atoms with Crippen molar-refractivity contribution in [1.29, 1.82) is 0 Å². The molecule has 0 aliphatic rings. The zero-order valence-corrected chi connectivity index (χ0v) is 17.3. The van der Waals surface area contributed by atoms with Crippen LogP contribution in [-0.2, 0) is 23.1 Å². The van der Waals surface area contributed by atoms with Gasteiger partial charge in [0.05, 0.1) is 18.5 Å². The van der Waals surface area contributed by atoms with Crippen LogP contribution in [0.15, 0.2) is 84.9 Å². The van der Waals surface area contributed by atoms with Gasteiger partial charge in [0.25, 0.3) is 5.91 Å². The Labute approximate surface area is 172 Å². The fraction of sp³-hybridized carbons (Fsp3) is 0.174. The van der Waals surface area contributed by atoms with Crippen LogP contribution in [0.1, 0.15) is 21.5 Å². The van der Waals surface area contributed by atoms with E-state index in [-0.39, 0.29) is 12.5 Å². The van der Waals surface area contributed by atoms with Crippen LogP contribution in [0.4, 0.5) is 5.69 Å². The largest absolute Gasteiger partial charge is 0.337 e. The van der Waals surface area contributed by atoms with E-state index < -0.39 is 10.0 Å². The molecule has 5 nitrogen and oxygen atoms in total. The maximum atomic E-state index is 12.7. The molecule has 0 saturated carbocycles. The molecule has 29 heavy (non-hydrogen) atoms. The van der Waals surface area contributed by atoms with Gasteiger partial charge in [0.2, 0.25) is 10.0 Å². The summed E-state index contributed by atoms with van der Waals surface area (Å²) in [4.78, 5) is 14.4.